The van der Waals surface area contributed by atoms with E-state index >= 15 is 0 Å². The Labute approximate surface area is 168 Å². The summed E-state index contributed by atoms with van der Waals surface area (Å²) in [5.74, 6) is -3.67. The number of nitrogens with zero attached hydrogens (tertiary/aromatic N) is 3. The number of anilines is 1. The molecule has 1 heterocycles. The Morgan fingerprint density at radius 1 is 1.40 bits per heavy atom. The van der Waals surface area contributed by atoms with Gasteiger partial charge in [-0.2, -0.15) is 18.4 Å². The number of aromatic nitrogens is 1. The molecular formula is C19H18F6N4O. The van der Waals surface area contributed by atoms with Gasteiger partial charge in [0.2, 0.25) is 0 Å². The first-order valence-corrected chi connectivity index (χ1v) is 8.54. The number of alkyl halides is 6. The lowest BCUT2D eigenvalue weighted by Crippen LogP contribution is -2.40. The number of ether oxygens (including phenoxy) is 1. The fourth-order valence-corrected chi connectivity index (χ4v) is 2.81. The summed E-state index contributed by atoms with van der Waals surface area (Å²) in [7, 11) is 0. The zero-order chi connectivity index (χ0) is 22.9. The van der Waals surface area contributed by atoms with Gasteiger partial charge in [-0.3, -0.25) is 0 Å². The topological polar surface area (TPSA) is 75.2 Å². The van der Waals surface area contributed by atoms with Gasteiger partial charge in [0, 0.05) is 23.7 Å². The third-order valence-corrected chi connectivity index (χ3v) is 4.54. The van der Waals surface area contributed by atoms with Crippen LogP contribution in [-0.2, 0) is 0 Å². The molecule has 0 saturated heterocycles. The number of halogens is 6. The van der Waals surface area contributed by atoms with Crippen molar-refractivity contribution in [3.05, 3.63) is 48.0 Å². The standard InChI is InChI=1S/C19H18F6N4O/c1-10-4-5-15(10)29(12(3)14(7-26)18(20,21)22)9-11(2)13-6-16(17(27)28-8-13)30-19(23,24)25/h4,6,8-9,14-15H,3,5H2,1-2H3,(H2,27,28)/b11-9+. The van der Waals surface area contributed by atoms with Gasteiger partial charge in [-0.15, -0.1) is 13.2 Å². The van der Waals surface area contributed by atoms with Crippen molar-refractivity contribution in [2.75, 3.05) is 5.73 Å². The van der Waals surface area contributed by atoms with Crippen LogP contribution < -0.4 is 10.5 Å². The highest BCUT2D eigenvalue weighted by Crippen LogP contribution is 2.38. The molecule has 2 unspecified atom stereocenters. The Balaban J connectivity index is 2.44. The Hall–Kier alpha value is -3.16. The van der Waals surface area contributed by atoms with Crippen LogP contribution in [0.25, 0.3) is 5.57 Å². The van der Waals surface area contributed by atoms with Crippen LogP contribution in [-0.4, -0.2) is 28.5 Å². The first-order valence-electron chi connectivity index (χ1n) is 8.54. The van der Waals surface area contributed by atoms with Gasteiger partial charge in [0.25, 0.3) is 0 Å². The molecule has 11 heteroatoms. The van der Waals surface area contributed by atoms with Gasteiger partial charge in [0.15, 0.2) is 17.5 Å². The lowest BCUT2D eigenvalue weighted by molar-refractivity contribution is -0.274. The van der Waals surface area contributed by atoms with Gasteiger partial charge in [-0.1, -0.05) is 18.2 Å². The van der Waals surface area contributed by atoms with Crippen LogP contribution in [0.2, 0.25) is 0 Å². The van der Waals surface area contributed by atoms with E-state index in [9.17, 15) is 26.3 Å². The van der Waals surface area contributed by atoms with Crippen molar-refractivity contribution in [3.8, 4) is 11.8 Å². The van der Waals surface area contributed by atoms with E-state index in [4.69, 9.17) is 11.0 Å². The number of pyridine rings is 1. The molecule has 2 atom stereocenters. The van der Waals surface area contributed by atoms with E-state index in [1.807, 2.05) is 6.08 Å². The molecule has 0 amide bonds. The predicted molar refractivity (Wildman–Crippen MR) is 97.3 cm³/mol. The molecule has 1 aliphatic carbocycles. The van der Waals surface area contributed by atoms with Gasteiger partial charge in [0.1, 0.15) is 0 Å². The van der Waals surface area contributed by atoms with Crippen molar-refractivity contribution in [2.45, 2.75) is 38.8 Å². The molecule has 1 aromatic heterocycles. The van der Waals surface area contributed by atoms with Crippen LogP contribution in [0.1, 0.15) is 25.8 Å². The number of rotatable bonds is 6. The van der Waals surface area contributed by atoms with Crippen molar-refractivity contribution in [1.29, 1.82) is 5.26 Å². The summed E-state index contributed by atoms with van der Waals surface area (Å²) < 4.78 is 81.1. The lowest BCUT2D eigenvalue weighted by atomic mass is 9.90. The molecule has 0 saturated carbocycles. The SMILES string of the molecule is C=C(C(C#N)C(F)(F)F)N(/C=C(\C)c1cnc(N)c(OC(F)(F)F)c1)C1CC=C1C. The van der Waals surface area contributed by atoms with Crippen molar-refractivity contribution in [3.63, 3.8) is 0 Å². The van der Waals surface area contributed by atoms with Gasteiger partial charge in [-0.05, 0) is 31.9 Å². The summed E-state index contributed by atoms with van der Waals surface area (Å²) in [6, 6.07) is 1.73. The van der Waals surface area contributed by atoms with Crippen molar-refractivity contribution >= 4 is 11.4 Å². The van der Waals surface area contributed by atoms with Crippen LogP contribution in [0.3, 0.4) is 0 Å². The average molecular weight is 432 g/mol. The summed E-state index contributed by atoms with van der Waals surface area (Å²) in [5, 5.41) is 9.01. The van der Waals surface area contributed by atoms with Crippen LogP contribution in [0.4, 0.5) is 32.2 Å². The van der Waals surface area contributed by atoms with Gasteiger partial charge >= 0.3 is 12.5 Å². The van der Waals surface area contributed by atoms with E-state index in [0.29, 0.717) is 6.42 Å². The van der Waals surface area contributed by atoms with Gasteiger partial charge in [-0.25, -0.2) is 4.98 Å². The number of nitrogen functional groups attached to an aromatic ring is 1. The maximum atomic E-state index is 13.2. The molecule has 30 heavy (non-hydrogen) atoms. The third kappa shape index (κ3) is 5.25. The first-order chi connectivity index (χ1) is 13.7. The van der Waals surface area contributed by atoms with E-state index in [-0.39, 0.29) is 11.1 Å². The summed E-state index contributed by atoms with van der Waals surface area (Å²) >= 11 is 0. The maximum Gasteiger partial charge on any atom is 0.573 e. The molecule has 0 aromatic carbocycles. The zero-order valence-electron chi connectivity index (χ0n) is 16.0. The van der Waals surface area contributed by atoms with E-state index < -0.39 is 41.8 Å². The van der Waals surface area contributed by atoms with Crippen LogP contribution in [0.15, 0.2) is 42.4 Å². The first kappa shape index (κ1) is 23.1. The van der Waals surface area contributed by atoms with E-state index in [0.717, 1.165) is 11.6 Å². The number of nitrogens with two attached hydrogens (primary N) is 1. The van der Waals surface area contributed by atoms with Gasteiger partial charge in [0.05, 0.1) is 12.1 Å². The molecular weight excluding hydrogens is 414 g/mol. The summed E-state index contributed by atoms with van der Waals surface area (Å²) in [6.45, 7) is 6.64. The smallest absolute Gasteiger partial charge is 0.402 e. The average Bonchev–Trinajstić information content (AvgIpc) is 2.59. The lowest BCUT2D eigenvalue weighted by Gasteiger charge is -2.39. The van der Waals surface area contributed by atoms with Crippen LogP contribution in [0, 0.1) is 17.2 Å². The second-order valence-corrected chi connectivity index (χ2v) is 6.67. The maximum absolute atomic E-state index is 13.2. The quantitative estimate of drug-likeness (QED) is 0.497. The number of allylic oxidation sites excluding steroid dienone is 2. The molecule has 0 radical (unpaired) electrons. The number of hydrogen-bond acceptors (Lipinski definition) is 5. The largest absolute Gasteiger partial charge is 0.573 e. The van der Waals surface area contributed by atoms with Crippen molar-refractivity contribution < 1.29 is 31.1 Å². The van der Waals surface area contributed by atoms with Gasteiger partial charge < -0.3 is 15.4 Å². The summed E-state index contributed by atoms with van der Waals surface area (Å²) in [6.07, 6.45) is -5.13. The van der Waals surface area contributed by atoms with Crippen molar-refractivity contribution in [2.24, 2.45) is 5.92 Å². The fraction of sp³-hybridized carbons (Fsp3) is 0.368. The monoisotopic (exact) mass is 432 g/mol. The molecule has 2 rings (SSSR count). The Kier molecular flexibility index (Phi) is 6.39. The molecule has 162 valence electrons. The predicted octanol–water partition coefficient (Wildman–Crippen LogP) is 5.16. The molecule has 0 spiro atoms. The Bertz CT molecular complexity index is 926. The molecule has 5 nitrogen and oxygen atoms in total. The highest BCUT2D eigenvalue weighted by atomic mass is 19.4. The van der Waals surface area contributed by atoms with E-state index in [2.05, 4.69) is 16.3 Å². The summed E-state index contributed by atoms with van der Waals surface area (Å²) in [4.78, 5) is 4.86. The minimum atomic E-state index is -4.99. The molecule has 1 aromatic rings. The Morgan fingerprint density at radius 3 is 2.47 bits per heavy atom. The van der Waals surface area contributed by atoms with Crippen molar-refractivity contribution in [1.82, 2.24) is 9.88 Å². The molecule has 1 aliphatic rings. The molecule has 2 N–H and O–H groups in total. The minimum absolute atomic E-state index is 0.141. The van der Waals surface area contributed by atoms with E-state index in [1.165, 1.54) is 30.3 Å². The molecule has 0 aliphatic heterocycles. The summed E-state index contributed by atoms with van der Waals surface area (Å²) in [5.41, 5.74) is 6.10. The number of hydrogen-bond donors (Lipinski definition) is 1. The second-order valence-electron chi connectivity index (χ2n) is 6.67. The zero-order valence-corrected chi connectivity index (χ0v) is 16.0. The highest BCUT2D eigenvalue weighted by molar-refractivity contribution is 5.66. The second kappa shape index (κ2) is 8.30. The molecule has 0 fully saturated rings. The Morgan fingerprint density at radius 2 is 2.03 bits per heavy atom. The van der Waals surface area contributed by atoms with Crippen LogP contribution in [0.5, 0.6) is 5.75 Å². The minimum Gasteiger partial charge on any atom is -0.402 e. The highest BCUT2D eigenvalue weighted by Gasteiger charge is 2.44. The number of nitriles is 1. The van der Waals surface area contributed by atoms with E-state index in [1.54, 1.807) is 6.92 Å². The normalized spacial score (nSPS) is 18.0. The fourth-order valence-electron chi connectivity index (χ4n) is 2.81. The van der Waals surface area contributed by atoms with Crippen LogP contribution >= 0.6 is 0 Å². The molecule has 0 bridgehead atoms. The third-order valence-electron chi connectivity index (χ3n) is 4.54.